The maximum atomic E-state index is 14.1. The number of hydrogen-bond acceptors (Lipinski definition) is 4. The second-order valence-electron chi connectivity index (χ2n) is 6.45. The molecule has 0 saturated heterocycles. The van der Waals surface area contributed by atoms with Crippen molar-refractivity contribution < 1.29 is 22.4 Å². The molecule has 1 heterocycles. The van der Waals surface area contributed by atoms with Gasteiger partial charge in [0.1, 0.15) is 17.9 Å². The molecule has 2 aromatic carbocycles. The molecule has 0 bridgehead atoms. The number of halogens is 4. The minimum absolute atomic E-state index is 0.00158. The van der Waals surface area contributed by atoms with Crippen LogP contribution in [0.4, 0.5) is 17.6 Å². The molecule has 0 radical (unpaired) electrons. The zero-order valence-electron chi connectivity index (χ0n) is 14.7. The summed E-state index contributed by atoms with van der Waals surface area (Å²) < 4.78 is 52.9. The molecule has 3 aromatic rings. The second kappa shape index (κ2) is 7.49. The lowest BCUT2D eigenvalue weighted by Gasteiger charge is -2.14. The van der Waals surface area contributed by atoms with Crippen molar-refractivity contribution in [2.75, 3.05) is 0 Å². The van der Waals surface area contributed by atoms with Crippen molar-refractivity contribution in [1.82, 2.24) is 15.0 Å². The lowest BCUT2D eigenvalue weighted by molar-refractivity contribution is -0.137. The number of carbonyl (C=O) groups excluding carboxylic acids is 1. The first-order valence-corrected chi connectivity index (χ1v) is 8.37. The van der Waals surface area contributed by atoms with Gasteiger partial charge in [-0.1, -0.05) is 30.3 Å². The molecular weight excluding hydrogens is 378 g/mol. The standard InChI is InChI=1S/C19H15F4N3O2/c1-11(14-7-6-12(9-16(14)20)19(21,22)23)8-13(27)10-26-18(28)15-4-2-3-5-17(15)24-25-26/h2-7,9,11H,8,10H2,1H3/t11-/m1/s1. The zero-order valence-corrected chi connectivity index (χ0v) is 14.7. The van der Waals surface area contributed by atoms with Gasteiger partial charge in [0.2, 0.25) is 0 Å². The number of hydrogen-bond donors (Lipinski definition) is 0. The molecule has 0 aliphatic rings. The summed E-state index contributed by atoms with van der Waals surface area (Å²) in [5.74, 6) is -2.12. The summed E-state index contributed by atoms with van der Waals surface area (Å²) in [7, 11) is 0. The van der Waals surface area contributed by atoms with Gasteiger partial charge in [0.25, 0.3) is 5.56 Å². The molecular formula is C19H15F4N3O2. The van der Waals surface area contributed by atoms with Gasteiger partial charge in [0.05, 0.1) is 10.9 Å². The van der Waals surface area contributed by atoms with Crippen LogP contribution in [0, 0.1) is 5.82 Å². The van der Waals surface area contributed by atoms with Crippen LogP contribution in [0.5, 0.6) is 0 Å². The molecule has 146 valence electrons. The van der Waals surface area contributed by atoms with Gasteiger partial charge >= 0.3 is 6.18 Å². The van der Waals surface area contributed by atoms with E-state index in [1.807, 2.05) is 0 Å². The average Bonchev–Trinajstić information content (AvgIpc) is 2.63. The largest absolute Gasteiger partial charge is 0.416 e. The Bertz CT molecular complexity index is 1090. The number of Topliss-reactive ketones (excluding diaryl/α,β-unsaturated/α-hetero) is 1. The van der Waals surface area contributed by atoms with Crippen molar-refractivity contribution in [2.45, 2.75) is 32.0 Å². The van der Waals surface area contributed by atoms with Crippen molar-refractivity contribution in [2.24, 2.45) is 0 Å². The van der Waals surface area contributed by atoms with Crippen LogP contribution in [0.15, 0.2) is 47.3 Å². The van der Waals surface area contributed by atoms with E-state index in [0.29, 0.717) is 17.0 Å². The molecule has 0 fully saturated rings. The van der Waals surface area contributed by atoms with Crippen LogP contribution >= 0.6 is 0 Å². The van der Waals surface area contributed by atoms with E-state index < -0.39 is 34.8 Å². The van der Waals surface area contributed by atoms with Crippen LogP contribution in [0.3, 0.4) is 0 Å². The summed E-state index contributed by atoms with van der Waals surface area (Å²) in [5, 5.41) is 7.90. The van der Waals surface area contributed by atoms with E-state index in [2.05, 4.69) is 10.3 Å². The average molecular weight is 393 g/mol. The Hall–Kier alpha value is -3.10. The second-order valence-corrected chi connectivity index (χ2v) is 6.45. The lowest BCUT2D eigenvalue weighted by atomic mass is 9.94. The highest BCUT2D eigenvalue weighted by molar-refractivity contribution is 5.80. The quantitative estimate of drug-likeness (QED) is 0.620. The van der Waals surface area contributed by atoms with Gasteiger partial charge in [-0.3, -0.25) is 9.59 Å². The van der Waals surface area contributed by atoms with Gasteiger partial charge in [-0.25, -0.2) is 9.07 Å². The van der Waals surface area contributed by atoms with E-state index in [-0.39, 0.29) is 18.5 Å². The fourth-order valence-electron chi connectivity index (χ4n) is 2.91. The third-order valence-corrected chi connectivity index (χ3v) is 4.35. The topological polar surface area (TPSA) is 64.8 Å². The van der Waals surface area contributed by atoms with Crippen molar-refractivity contribution in [3.05, 3.63) is 69.8 Å². The Kier molecular flexibility index (Phi) is 5.26. The minimum atomic E-state index is -4.64. The van der Waals surface area contributed by atoms with Gasteiger partial charge in [-0.2, -0.15) is 13.2 Å². The van der Waals surface area contributed by atoms with Crippen LogP contribution in [-0.4, -0.2) is 20.8 Å². The van der Waals surface area contributed by atoms with E-state index in [9.17, 15) is 27.2 Å². The number of nitrogens with zero attached hydrogens (tertiary/aromatic N) is 3. The highest BCUT2D eigenvalue weighted by Gasteiger charge is 2.31. The maximum absolute atomic E-state index is 14.1. The Morgan fingerprint density at radius 1 is 1.18 bits per heavy atom. The minimum Gasteiger partial charge on any atom is -0.298 e. The molecule has 0 saturated carbocycles. The summed E-state index contributed by atoms with van der Waals surface area (Å²) in [6.07, 6.45) is -4.81. The van der Waals surface area contributed by atoms with Gasteiger partial charge in [0.15, 0.2) is 5.78 Å². The van der Waals surface area contributed by atoms with Crippen molar-refractivity contribution in [3.63, 3.8) is 0 Å². The highest BCUT2D eigenvalue weighted by atomic mass is 19.4. The SMILES string of the molecule is C[C@H](CC(=O)Cn1nnc2ccccc2c1=O)c1ccc(C(F)(F)F)cc1F. The number of fused-ring (bicyclic) bond motifs is 1. The third kappa shape index (κ3) is 4.08. The van der Waals surface area contributed by atoms with Gasteiger partial charge in [-0.15, -0.1) is 5.10 Å². The van der Waals surface area contributed by atoms with Crippen molar-refractivity contribution in [3.8, 4) is 0 Å². The number of benzene rings is 2. The Labute approximate surface area is 156 Å². The van der Waals surface area contributed by atoms with Gasteiger partial charge < -0.3 is 0 Å². The van der Waals surface area contributed by atoms with E-state index in [1.165, 1.54) is 6.92 Å². The smallest absolute Gasteiger partial charge is 0.298 e. The molecule has 0 unspecified atom stereocenters. The summed E-state index contributed by atoms with van der Waals surface area (Å²) in [5.41, 5.74) is -1.17. The van der Waals surface area contributed by atoms with E-state index in [4.69, 9.17) is 0 Å². The van der Waals surface area contributed by atoms with E-state index >= 15 is 0 Å². The molecule has 9 heteroatoms. The monoisotopic (exact) mass is 393 g/mol. The van der Waals surface area contributed by atoms with Crippen molar-refractivity contribution in [1.29, 1.82) is 0 Å². The first kappa shape index (κ1) is 19.7. The van der Waals surface area contributed by atoms with Gasteiger partial charge in [0, 0.05) is 6.42 Å². The Morgan fingerprint density at radius 3 is 2.57 bits per heavy atom. The molecule has 5 nitrogen and oxygen atoms in total. The normalized spacial score (nSPS) is 12.9. The number of ketones is 1. The van der Waals surface area contributed by atoms with Crippen LogP contribution < -0.4 is 5.56 Å². The maximum Gasteiger partial charge on any atom is 0.416 e. The summed E-state index contributed by atoms with van der Waals surface area (Å²) in [4.78, 5) is 24.6. The van der Waals surface area contributed by atoms with Crippen LogP contribution in [0.1, 0.15) is 30.4 Å². The first-order valence-electron chi connectivity index (χ1n) is 8.37. The molecule has 3 rings (SSSR count). The molecule has 0 N–H and O–H groups in total. The predicted octanol–water partition coefficient (Wildman–Crippen LogP) is 3.71. The zero-order chi connectivity index (χ0) is 20.5. The number of carbonyl (C=O) groups is 1. The van der Waals surface area contributed by atoms with Crippen LogP contribution in [0.2, 0.25) is 0 Å². The Morgan fingerprint density at radius 2 is 1.89 bits per heavy atom. The van der Waals surface area contributed by atoms with Crippen LogP contribution in [-0.2, 0) is 17.5 Å². The van der Waals surface area contributed by atoms with Crippen molar-refractivity contribution >= 4 is 16.7 Å². The van der Waals surface area contributed by atoms with E-state index in [1.54, 1.807) is 24.3 Å². The summed E-state index contributed by atoms with van der Waals surface area (Å²) >= 11 is 0. The predicted molar refractivity (Wildman–Crippen MR) is 93.2 cm³/mol. The fraction of sp³-hybridized carbons (Fsp3) is 0.263. The molecule has 0 aliphatic carbocycles. The van der Waals surface area contributed by atoms with Gasteiger partial charge in [-0.05, 0) is 35.7 Å². The number of rotatable bonds is 5. The highest BCUT2D eigenvalue weighted by Crippen LogP contribution is 2.32. The number of alkyl halides is 3. The fourth-order valence-corrected chi connectivity index (χ4v) is 2.91. The first-order chi connectivity index (χ1) is 13.2. The molecule has 1 aromatic heterocycles. The summed E-state index contributed by atoms with van der Waals surface area (Å²) in [6.45, 7) is 1.17. The van der Waals surface area contributed by atoms with E-state index in [0.717, 1.165) is 16.8 Å². The van der Waals surface area contributed by atoms with Crippen LogP contribution in [0.25, 0.3) is 10.9 Å². The number of aromatic nitrogens is 3. The molecule has 0 aliphatic heterocycles. The lowest BCUT2D eigenvalue weighted by Crippen LogP contribution is -2.28. The molecule has 0 spiro atoms. The molecule has 1 atom stereocenters. The molecule has 28 heavy (non-hydrogen) atoms. The molecule has 0 amide bonds. The Balaban J connectivity index is 1.75. The summed E-state index contributed by atoms with van der Waals surface area (Å²) in [6, 6.07) is 8.75. The third-order valence-electron chi connectivity index (χ3n) is 4.35.